The van der Waals surface area contributed by atoms with Crippen LogP contribution in [0.3, 0.4) is 0 Å². The van der Waals surface area contributed by atoms with Gasteiger partial charge in [-0.3, -0.25) is 9.10 Å². The van der Waals surface area contributed by atoms with Crippen molar-refractivity contribution in [3.63, 3.8) is 0 Å². The monoisotopic (exact) mass is 467 g/mol. The van der Waals surface area contributed by atoms with Crippen molar-refractivity contribution in [3.05, 3.63) is 95.0 Å². The van der Waals surface area contributed by atoms with E-state index in [1.54, 1.807) is 0 Å². The van der Waals surface area contributed by atoms with Crippen LogP contribution in [0.2, 0.25) is 5.02 Å². The maximum atomic E-state index is 13.4. The SMILES string of the molecule is CN1CCN(C(=O)c2ccc(N(Cc3ccc(Cl)cc3)S(=O)c3ccccc3)cc2)CC1. The van der Waals surface area contributed by atoms with E-state index in [4.69, 9.17) is 11.6 Å². The molecule has 0 N–H and O–H groups in total. The van der Waals surface area contributed by atoms with Crippen molar-refractivity contribution in [2.45, 2.75) is 11.4 Å². The first-order valence-corrected chi connectivity index (χ1v) is 12.1. The van der Waals surface area contributed by atoms with Crippen LogP contribution in [0.5, 0.6) is 0 Å². The minimum atomic E-state index is -1.40. The lowest BCUT2D eigenvalue weighted by molar-refractivity contribution is 0.0664. The molecule has 1 fully saturated rings. The molecule has 0 saturated carbocycles. The highest BCUT2D eigenvalue weighted by molar-refractivity contribution is 7.86. The van der Waals surface area contributed by atoms with E-state index in [-0.39, 0.29) is 5.91 Å². The van der Waals surface area contributed by atoms with Crippen molar-refractivity contribution in [1.29, 1.82) is 0 Å². The minimum absolute atomic E-state index is 0.0399. The molecule has 1 amide bonds. The van der Waals surface area contributed by atoms with E-state index in [0.717, 1.165) is 42.3 Å². The van der Waals surface area contributed by atoms with Gasteiger partial charge in [-0.15, -0.1) is 0 Å². The van der Waals surface area contributed by atoms with Crippen LogP contribution in [0.4, 0.5) is 5.69 Å². The summed E-state index contributed by atoms with van der Waals surface area (Å²) in [5.41, 5.74) is 2.43. The minimum Gasteiger partial charge on any atom is -0.336 e. The molecule has 32 heavy (non-hydrogen) atoms. The topological polar surface area (TPSA) is 43.9 Å². The predicted octanol–water partition coefficient (Wildman–Crippen LogP) is 4.46. The first kappa shape index (κ1) is 22.5. The highest BCUT2D eigenvalue weighted by Crippen LogP contribution is 2.25. The summed E-state index contributed by atoms with van der Waals surface area (Å²) in [6, 6.07) is 24.3. The Labute approximate surface area is 196 Å². The first-order valence-electron chi connectivity index (χ1n) is 10.6. The number of benzene rings is 3. The molecule has 4 rings (SSSR count). The molecule has 166 valence electrons. The van der Waals surface area contributed by atoms with E-state index in [1.165, 1.54) is 0 Å². The quantitative estimate of drug-likeness (QED) is 0.537. The maximum absolute atomic E-state index is 13.4. The molecule has 1 saturated heterocycles. The number of rotatable bonds is 6. The molecule has 3 aromatic rings. The standard InChI is InChI=1S/C25H26ClN3O2S/c1-27-15-17-28(18-16-27)25(30)21-9-13-23(14-10-21)29(19-20-7-11-22(26)12-8-20)32(31)24-5-3-2-4-6-24/h2-14H,15-19H2,1H3. The summed E-state index contributed by atoms with van der Waals surface area (Å²) in [6.45, 7) is 3.68. The number of likely N-dealkylation sites (N-methyl/N-ethyl adjacent to an activating group) is 1. The van der Waals surface area contributed by atoms with Crippen LogP contribution in [0.25, 0.3) is 0 Å². The third-order valence-electron chi connectivity index (χ3n) is 5.58. The molecule has 0 aliphatic carbocycles. The number of anilines is 1. The molecule has 1 atom stereocenters. The number of nitrogens with zero attached hydrogens (tertiary/aromatic N) is 3. The zero-order valence-corrected chi connectivity index (χ0v) is 19.6. The molecule has 5 nitrogen and oxygen atoms in total. The Morgan fingerprint density at radius 3 is 2.16 bits per heavy atom. The molecule has 1 heterocycles. The van der Waals surface area contributed by atoms with Crippen molar-refractivity contribution in [1.82, 2.24) is 9.80 Å². The first-order chi connectivity index (χ1) is 15.5. The van der Waals surface area contributed by atoms with Gasteiger partial charge in [-0.25, -0.2) is 4.21 Å². The number of carbonyl (C=O) groups excluding carboxylic acids is 1. The van der Waals surface area contributed by atoms with E-state index >= 15 is 0 Å². The van der Waals surface area contributed by atoms with Gasteiger partial charge in [-0.2, -0.15) is 0 Å². The van der Waals surface area contributed by atoms with Crippen molar-refractivity contribution in [2.24, 2.45) is 0 Å². The number of amides is 1. The van der Waals surface area contributed by atoms with E-state index in [1.807, 2.05) is 88.1 Å². The summed E-state index contributed by atoms with van der Waals surface area (Å²) in [6.07, 6.45) is 0. The van der Waals surface area contributed by atoms with Crippen LogP contribution in [0, 0.1) is 0 Å². The predicted molar refractivity (Wildman–Crippen MR) is 130 cm³/mol. The second kappa shape index (κ2) is 10.3. The molecule has 3 aromatic carbocycles. The smallest absolute Gasteiger partial charge is 0.253 e. The Hall–Kier alpha value is -2.67. The zero-order valence-electron chi connectivity index (χ0n) is 18.0. The molecule has 1 aliphatic heterocycles. The second-order valence-electron chi connectivity index (χ2n) is 7.87. The van der Waals surface area contributed by atoms with Crippen LogP contribution in [-0.4, -0.2) is 53.1 Å². The number of carbonyl (C=O) groups is 1. The molecule has 0 aromatic heterocycles. The summed E-state index contributed by atoms with van der Waals surface area (Å²) in [4.78, 5) is 17.7. The summed E-state index contributed by atoms with van der Waals surface area (Å²) in [5.74, 6) is 0.0399. The van der Waals surface area contributed by atoms with Gasteiger partial charge in [0.05, 0.1) is 17.1 Å². The second-order valence-corrected chi connectivity index (χ2v) is 9.71. The highest BCUT2D eigenvalue weighted by Gasteiger charge is 2.21. The average Bonchev–Trinajstić information content (AvgIpc) is 2.84. The van der Waals surface area contributed by atoms with Crippen molar-refractivity contribution in [2.75, 3.05) is 37.5 Å². The van der Waals surface area contributed by atoms with Crippen molar-refractivity contribution in [3.8, 4) is 0 Å². The van der Waals surface area contributed by atoms with Gasteiger partial charge in [0.1, 0.15) is 0 Å². The van der Waals surface area contributed by atoms with Crippen LogP contribution in [0.15, 0.2) is 83.8 Å². The lowest BCUT2D eigenvalue weighted by Crippen LogP contribution is -2.47. The largest absolute Gasteiger partial charge is 0.336 e. The summed E-state index contributed by atoms with van der Waals surface area (Å²) < 4.78 is 15.3. The van der Waals surface area contributed by atoms with E-state index < -0.39 is 11.0 Å². The molecule has 0 radical (unpaired) electrons. The van der Waals surface area contributed by atoms with Gasteiger partial charge >= 0.3 is 0 Å². The van der Waals surface area contributed by atoms with E-state index in [0.29, 0.717) is 17.1 Å². The number of hydrogen-bond acceptors (Lipinski definition) is 3. The Balaban J connectivity index is 1.58. The normalized spacial score (nSPS) is 15.4. The Kier molecular flexibility index (Phi) is 7.25. The van der Waals surface area contributed by atoms with Gasteiger partial charge in [-0.05, 0) is 61.1 Å². The lowest BCUT2D eigenvalue weighted by Gasteiger charge is -2.32. The number of halogens is 1. The molecule has 0 spiro atoms. The van der Waals surface area contributed by atoms with Crippen LogP contribution >= 0.6 is 11.6 Å². The Morgan fingerprint density at radius 2 is 1.53 bits per heavy atom. The third kappa shape index (κ3) is 5.38. The molecule has 1 aliphatic rings. The summed E-state index contributed by atoms with van der Waals surface area (Å²) in [7, 11) is 0.664. The fraction of sp³-hybridized carbons (Fsp3) is 0.240. The molecule has 0 bridgehead atoms. The van der Waals surface area contributed by atoms with Gasteiger partial charge in [0.15, 0.2) is 11.0 Å². The van der Waals surface area contributed by atoms with Gasteiger partial charge in [-0.1, -0.05) is 41.9 Å². The van der Waals surface area contributed by atoms with E-state index in [9.17, 15) is 9.00 Å². The maximum Gasteiger partial charge on any atom is 0.253 e. The van der Waals surface area contributed by atoms with Gasteiger partial charge in [0.25, 0.3) is 5.91 Å². The summed E-state index contributed by atoms with van der Waals surface area (Å²) >= 11 is 6.03. The molecular formula is C25H26ClN3O2S. The number of piperazine rings is 1. The van der Waals surface area contributed by atoms with Crippen LogP contribution < -0.4 is 4.31 Å². The Morgan fingerprint density at radius 1 is 0.906 bits per heavy atom. The van der Waals surface area contributed by atoms with Crippen LogP contribution in [-0.2, 0) is 17.5 Å². The number of hydrogen-bond donors (Lipinski definition) is 0. The van der Waals surface area contributed by atoms with Crippen LogP contribution in [0.1, 0.15) is 15.9 Å². The molecule has 1 unspecified atom stereocenters. The van der Waals surface area contributed by atoms with E-state index in [2.05, 4.69) is 11.9 Å². The summed E-state index contributed by atoms with van der Waals surface area (Å²) in [5, 5.41) is 0.663. The third-order valence-corrected chi connectivity index (χ3v) is 7.24. The fourth-order valence-corrected chi connectivity index (χ4v) is 4.98. The van der Waals surface area contributed by atoms with Gasteiger partial charge in [0, 0.05) is 36.8 Å². The average molecular weight is 468 g/mol. The highest BCUT2D eigenvalue weighted by atomic mass is 35.5. The lowest BCUT2D eigenvalue weighted by atomic mass is 10.1. The zero-order chi connectivity index (χ0) is 22.5. The Bertz CT molecular complexity index is 1070. The van der Waals surface area contributed by atoms with Gasteiger partial charge < -0.3 is 9.80 Å². The van der Waals surface area contributed by atoms with Crippen molar-refractivity contribution >= 4 is 34.2 Å². The van der Waals surface area contributed by atoms with Gasteiger partial charge in [0.2, 0.25) is 0 Å². The van der Waals surface area contributed by atoms with Crippen molar-refractivity contribution < 1.29 is 9.00 Å². The fourth-order valence-electron chi connectivity index (χ4n) is 3.63. The molecule has 7 heteroatoms. The molecular weight excluding hydrogens is 442 g/mol.